The average Bonchev–Trinajstić information content (AvgIpc) is 2.63. The number of allylic oxidation sites excluding steroid dienone is 1. The molecule has 0 aliphatic rings. The van der Waals surface area contributed by atoms with E-state index in [1.54, 1.807) is 43.7 Å². The van der Waals surface area contributed by atoms with Gasteiger partial charge in [0.25, 0.3) is 0 Å². The molecule has 2 aromatic rings. The summed E-state index contributed by atoms with van der Waals surface area (Å²) in [5.41, 5.74) is 0.338. The van der Waals surface area contributed by atoms with Crippen LogP contribution in [0.3, 0.4) is 0 Å². The molecule has 0 bridgehead atoms. The lowest BCUT2D eigenvalue weighted by Gasteiger charge is -1.94. The quantitative estimate of drug-likeness (QED) is 0.704. The molecule has 0 N–H and O–H groups in total. The van der Waals surface area contributed by atoms with Gasteiger partial charge in [-0.2, -0.15) is 9.36 Å². The van der Waals surface area contributed by atoms with Crippen LogP contribution in [0.2, 0.25) is 0 Å². The first-order chi connectivity index (χ1) is 7.33. The molecule has 0 aromatic carbocycles. The predicted molar refractivity (Wildman–Crippen MR) is 54.4 cm³/mol. The summed E-state index contributed by atoms with van der Waals surface area (Å²) >= 11 is 0. The third-order valence-electron chi connectivity index (χ3n) is 1.80. The molecule has 6 nitrogen and oxygen atoms in total. The van der Waals surface area contributed by atoms with Gasteiger partial charge in [0, 0.05) is 18.6 Å². The molecule has 0 fully saturated rings. The zero-order valence-electron chi connectivity index (χ0n) is 8.11. The SMILES string of the molecule is C/C=C/n1nnn(-c2ccncc2)c1=O. The molecule has 6 heteroatoms. The normalized spacial score (nSPS) is 11.0. The van der Waals surface area contributed by atoms with Crippen LogP contribution in [0.5, 0.6) is 0 Å². The standard InChI is InChI=1S/C9H9N5O/c1-2-7-13-9(15)14(12-11-13)8-3-5-10-6-4-8/h2-7H,1H3/b7-2+. The fourth-order valence-electron chi connectivity index (χ4n) is 1.14. The van der Waals surface area contributed by atoms with E-state index >= 15 is 0 Å². The largest absolute Gasteiger partial charge is 0.372 e. The molecule has 0 saturated heterocycles. The van der Waals surface area contributed by atoms with Crippen molar-refractivity contribution in [2.24, 2.45) is 0 Å². The molecule has 2 heterocycles. The summed E-state index contributed by atoms with van der Waals surface area (Å²) in [7, 11) is 0. The fourth-order valence-corrected chi connectivity index (χ4v) is 1.14. The van der Waals surface area contributed by atoms with Crippen LogP contribution >= 0.6 is 0 Å². The van der Waals surface area contributed by atoms with E-state index < -0.39 is 0 Å². The minimum Gasteiger partial charge on any atom is -0.265 e. The van der Waals surface area contributed by atoms with Crippen LogP contribution in [0.1, 0.15) is 6.92 Å². The highest BCUT2D eigenvalue weighted by Gasteiger charge is 2.05. The van der Waals surface area contributed by atoms with Crippen LogP contribution < -0.4 is 5.69 Å². The Labute approximate surface area is 85.5 Å². The van der Waals surface area contributed by atoms with E-state index in [1.165, 1.54) is 9.36 Å². The first-order valence-electron chi connectivity index (χ1n) is 4.40. The van der Waals surface area contributed by atoms with Crippen molar-refractivity contribution in [3.63, 3.8) is 0 Å². The number of rotatable bonds is 2. The van der Waals surface area contributed by atoms with E-state index in [4.69, 9.17) is 0 Å². The van der Waals surface area contributed by atoms with Crippen LogP contribution in [0.15, 0.2) is 35.4 Å². The average molecular weight is 203 g/mol. The topological polar surface area (TPSA) is 65.6 Å². The molecule has 0 unspecified atom stereocenters. The Morgan fingerprint density at radius 3 is 2.67 bits per heavy atom. The van der Waals surface area contributed by atoms with Gasteiger partial charge in [-0.25, -0.2) is 4.79 Å². The molecular formula is C9H9N5O. The Kier molecular flexibility index (Phi) is 2.40. The van der Waals surface area contributed by atoms with E-state index in [-0.39, 0.29) is 5.69 Å². The Bertz CT molecular complexity index is 525. The van der Waals surface area contributed by atoms with Gasteiger partial charge in [-0.05, 0) is 29.5 Å². The minimum atomic E-state index is -0.306. The predicted octanol–water partition coefficient (Wildman–Crippen LogP) is 0.315. The van der Waals surface area contributed by atoms with Crippen molar-refractivity contribution in [1.82, 2.24) is 24.8 Å². The van der Waals surface area contributed by atoms with Crippen LogP contribution in [0.25, 0.3) is 11.9 Å². The van der Waals surface area contributed by atoms with Crippen molar-refractivity contribution >= 4 is 6.20 Å². The molecule has 2 aromatic heterocycles. The van der Waals surface area contributed by atoms with Crippen LogP contribution in [0, 0.1) is 0 Å². The Hall–Kier alpha value is -2.24. The second kappa shape index (κ2) is 3.87. The maximum atomic E-state index is 11.7. The van der Waals surface area contributed by atoms with Crippen LogP contribution in [-0.4, -0.2) is 24.8 Å². The number of pyridine rings is 1. The molecule has 0 spiro atoms. The highest BCUT2D eigenvalue weighted by molar-refractivity contribution is 5.27. The monoisotopic (exact) mass is 203 g/mol. The summed E-state index contributed by atoms with van der Waals surface area (Å²) < 4.78 is 2.38. The van der Waals surface area contributed by atoms with Gasteiger partial charge in [-0.3, -0.25) is 4.98 Å². The van der Waals surface area contributed by atoms with E-state index in [0.717, 1.165) is 0 Å². The lowest BCUT2D eigenvalue weighted by molar-refractivity contribution is 0.766. The summed E-state index contributed by atoms with van der Waals surface area (Å²) in [5, 5.41) is 7.43. The Morgan fingerprint density at radius 2 is 2.00 bits per heavy atom. The first-order valence-corrected chi connectivity index (χ1v) is 4.40. The van der Waals surface area contributed by atoms with Gasteiger partial charge >= 0.3 is 5.69 Å². The summed E-state index contributed by atoms with van der Waals surface area (Å²) in [6.45, 7) is 1.80. The van der Waals surface area contributed by atoms with E-state index in [9.17, 15) is 4.79 Å². The number of nitrogens with zero attached hydrogens (tertiary/aromatic N) is 5. The number of aromatic nitrogens is 5. The molecule has 15 heavy (non-hydrogen) atoms. The van der Waals surface area contributed by atoms with E-state index in [1.807, 2.05) is 0 Å². The van der Waals surface area contributed by atoms with Crippen molar-refractivity contribution in [3.8, 4) is 5.69 Å². The van der Waals surface area contributed by atoms with Crippen molar-refractivity contribution in [3.05, 3.63) is 41.1 Å². The molecule has 0 aliphatic carbocycles. The number of hydrogen-bond donors (Lipinski definition) is 0. The molecule has 0 amide bonds. The summed E-state index contributed by atoms with van der Waals surface area (Å²) in [6.07, 6.45) is 6.45. The molecule has 2 rings (SSSR count). The molecule has 0 aliphatic heterocycles. The lowest BCUT2D eigenvalue weighted by Crippen LogP contribution is -2.21. The van der Waals surface area contributed by atoms with Crippen molar-refractivity contribution in [2.75, 3.05) is 0 Å². The molecule has 0 saturated carbocycles. The zero-order valence-corrected chi connectivity index (χ0v) is 8.11. The van der Waals surface area contributed by atoms with Crippen molar-refractivity contribution < 1.29 is 0 Å². The van der Waals surface area contributed by atoms with Gasteiger partial charge in [-0.1, -0.05) is 6.08 Å². The highest BCUT2D eigenvalue weighted by atomic mass is 16.2. The minimum absolute atomic E-state index is 0.306. The van der Waals surface area contributed by atoms with Crippen molar-refractivity contribution in [2.45, 2.75) is 6.92 Å². The lowest BCUT2D eigenvalue weighted by atomic mass is 10.4. The highest BCUT2D eigenvalue weighted by Crippen LogP contribution is 1.98. The van der Waals surface area contributed by atoms with Gasteiger partial charge in [0.05, 0.1) is 5.69 Å². The Balaban J connectivity index is 2.52. The number of tetrazole rings is 1. The van der Waals surface area contributed by atoms with Gasteiger partial charge in [-0.15, -0.1) is 0 Å². The smallest absolute Gasteiger partial charge is 0.265 e. The van der Waals surface area contributed by atoms with Gasteiger partial charge < -0.3 is 0 Å². The molecule has 76 valence electrons. The number of hydrogen-bond acceptors (Lipinski definition) is 4. The van der Waals surface area contributed by atoms with Gasteiger partial charge in [0.2, 0.25) is 0 Å². The van der Waals surface area contributed by atoms with Gasteiger partial charge in [0.15, 0.2) is 0 Å². The molecule has 0 atom stereocenters. The second-order valence-electron chi connectivity index (χ2n) is 2.81. The summed E-state index contributed by atoms with van der Waals surface area (Å²) in [4.78, 5) is 15.5. The second-order valence-corrected chi connectivity index (χ2v) is 2.81. The molecular weight excluding hydrogens is 194 g/mol. The van der Waals surface area contributed by atoms with E-state index in [0.29, 0.717) is 5.69 Å². The third kappa shape index (κ3) is 1.69. The first kappa shape index (κ1) is 9.32. The van der Waals surface area contributed by atoms with Crippen molar-refractivity contribution in [1.29, 1.82) is 0 Å². The summed E-state index contributed by atoms with van der Waals surface area (Å²) in [6, 6.07) is 3.38. The maximum Gasteiger partial charge on any atom is 0.372 e. The van der Waals surface area contributed by atoms with Crippen LogP contribution in [0.4, 0.5) is 0 Å². The third-order valence-corrected chi connectivity index (χ3v) is 1.80. The fraction of sp³-hybridized carbons (Fsp3) is 0.111. The zero-order chi connectivity index (χ0) is 10.7. The molecule has 0 radical (unpaired) electrons. The Morgan fingerprint density at radius 1 is 1.27 bits per heavy atom. The van der Waals surface area contributed by atoms with Gasteiger partial charge in [0.1, 0.15) is 0 Å². The summed E-state index contributed by atoms with van der Waals surface area (Å²) in [5.74, 6) is 0. The van der Waals surface area contributed by atoms with Crippen LogP contribution in [-0.2, 0) is 0 Å². The maximum absolute atomic E-state index is 11.7. The van der Waals surface area contributed by atoms with E-state index in [2.05, 4.69) is 15.4 Å².